The number of carbonyl (C=O) groups is 1. The summed E-state index contributed by atoms with van der Waals surface area (Å²) in [7, 11) is 4.15. The molecule has 4 aromatic rings. The molecule has 4 aromatic heterocycles. The number of H-pyrrole nitrogens is 1. The molecule has 2 aliphatic rings. The molecule has 1 amide bonds. The van der Waals surface area contributed by atoms with Crippen molar-refractivity contribution in [3.63, 3.8) is 0 Å². The van der Waals surface area contributed by atoms with Crippen molar-refractivity contribution in [1.82, 2.24) is 34.9 Å². The number of hydrogen-bond donors (Lipinski definition) is 2. The number of aromatic nitrogens is 5. The van der Waals surface area contributed by atoms with Gasteiger partial charge >= 0.3 is 0 Å². The number of nitrogens with zero attached hydrogens (tertiary/aromatic N) is 6. The molecule has 0 saturated carbocycles. The van der Waals surface area contributed by atoms with Crippen LogP contribution in [0.25, 0.3) is 21.1 Å². The third-order valence-corrected chi connectivity index (χ3v) is 7.83. The first-order valence-corrected chi connectivity index (χ1v) is 11.6. The fourth-order valence-electron chi connectivity index (χ4n) is 4.67. The van der Waals surface area contributed by atoms with E-state index in [1.807, 2.05) is 11.0 Å². The molecule has 32 heavy (non-hydrogen) atoms. The van der Waals surface area contributed by atoms with Gasteiger partial charge in [0, 0.05) is 35.3 Å². The average Bonchev–Trinajstić information content (AvgIpc) is 3.36. The molecule has 0 unspecified atom stereocenters. The summed E-state index contributed by atoms with van der Waals surface area (Å²) < 4.78 is 0. The lowest BCUT2D eigenvalue weighted by atomic mass is 9.86. The largest absolute Gasteiger partial charge is 0.339 e. The van der Waals surface area contributed by atoms with Crippen LogP contribution in [0.5, 0.6) is 0 Å². The van der Waals surface area contributed by atoms with Crippen LogP contribution in [0.4, 0.5) is 11.6 Å². The van der Waals surface area contributed by atoms with E-state index >= 15 is 0 Å². The van der Waals surface area contributed by atoms with Gasteiger partial charge in [0.25, 0.3) is 0 Å². The molecule has 10 heteroatoms. The third-order valence-electron chi connectivity index (χ3n) is 6.67. The Kier molecular flexibility index (Phi) is 4.58. The number of carbonyl (C=O) groups excluding carboxylic acids is 1. The first-order chi connectivity index (χ1) is 15.6. The number of pyridine rings is 1. The molecule has 1 atom stereocenters. The van der Waals surface area contributed by atoms with E-state index in [2.05, 4.69) is 49.5 Å². The Morgan fingerprint density at radius 3 is 2.97 bits per heavy atom. The monoisotopic (exact) mass is 448 g/mol. The second-order valence-electron chi connectivity index (χ2n) is 8.86. The van der Waals surface area contributed by atoms with Crippen LogP contribution in [0.15, 0.2) is 24.8 Å². The van der Waals surface area contributed by atoms with Crippen LogP contribution in [0.1, 0.15) is 16.9 Å². The Hall–Kier alpha value is -3.11. The summed E-state index contributed by atoms with van der Waals surface area (Å²) in [4.78, 5) is 33.0. The lowest BCUT2D eigenvalue weighted by Gasteiger charge is -2.44. The smallest absolute Gasteiger partial charge is 0.226 e. The summed E-state index contributed by atoms with van der Waals surface area (Å²) in [6, 6.07) is 2.44. The molecule has 9 nitrogen and oxygen atoms in total. The number of rotatable bonds is 4. The number of anilines is 2. The van der Waals surface area contributed by atoms with Crippen molar-refractivity contribution >= 4 is 50.0 Å². The normalized spacial score (nSPS) is 18.8. The molecule has 0 aromatic carbocycles. The van der Waals surface area contributed by atoms with Crippen molar-refractivity contribution in [1.29, 1.82) is 0 Å². The summed E-state index contributed by atoms with van der Waals surface area (Å²) in [5.41, 5.74) is 2.17. The Bertz CT molecular complexity index is 1320. The van der Waals surface area contributed by atoms with Gasteiger partial charge in [-0.05, 0) is 45.0 Å². The minimum Gasteiger partial charge on any atom is -0.339 e. The summed E-state index contributed by atoms with van der Waals surface area (Å²) in [5.74, 6) is 1.85. The number of fused-ring (bicyclic) bond motifs is 4. The maximum Gasteiger partial charge on any atom is 0.226 e. The number of likely N-dealkylation sites (N-methyl/N-ethyl adjacent to an activating group) is 1. The highest BCUT2D eigenvalue weighted by molar-refractivity contribution is 7.19. The summed E-state index contributed by atoms with van der Waals surface area (Å²) >= 11 is 1.69. The number of amides is 1. The Morgan fingerprint density at radius 1 is 1.25 bits per heavy atom. The molecule has 1 aliphatic heterocycles. The molecule has 164 valence electrons. The van der Waals surface area contributed by atoms with Crippen molar-refractivity contribution in [2.45, 2.75) is 25.3 Å². The zero-order valence-corrected chi connectivity index (χ0v) is 18.8. The van der Waals surface area contributed by atoms with E-state index in [0.29, 0.717) is 11.9 Å². The summed E-state index contributed by atoms with van der Waals surface area (Å²) in [6.45, 7) is 1.68. The van der Waals surface area contributed by atoms with E-state index in [4.69, 9.17) is 0 Å². The molecule has 6 rings (SSSR count). The minimum atomic E-state index is 0.0632. The van der Waals surface area contributed by atoms with Gasteiger partial charge in [-0.3, -0.25) is 9.89 Å². The van der Waals surface area contributed by atoms with Crippen LogP contribution in [-0.4, -0.2) is 74.1 Å². The Balaban J connectivity index is 1.25. The molecule has 5 heterocycles. The number of aromatic amines is 1. The average molecular weight is 449 g/mol. The molecular weight excluding hydrogens is 424 g/mol. The number of likely N-dealkylation sites (tertiary alicyclic amines) is 1. The van der Waals surface area contributed by atoms with Gasteiger partial charge in [-0.1, -0.05) is 0 Å². The van der Waals surface area contributed by atoms with E-state index in [1.54, 1.807) is 30.1 Å². The van der Waals surface area contributed by atoms with Crippen LogP contribution in [-0.2, 0) is 17.6 Å². The Labute approximate surface area is 188 Å². The van der Waals surface area contributed by atoms with Crippen molar-refractivity contribution in [2.75, 3.05) is 32.5 Å². The van der Waals surface area contributed by atoms with Crippen LogP contribution >= 0.6 is 11.3 Å². The van der Waals surface area contributed by atoms with Gasteiger partial charge in [-0.15, -0.1) is 11.3 Å². The first kappa shape index (κ1) is 19.6. The molecule has 0 bridgehead atoms. The quantitative estimate of drug-likeness (QED) is 0.495. The fraction of sp³-hybridized carbons (Fsp3) is 0.409. The number of nitrogens with one attached hydrogen (secondary N) is 2. The predicted octanol–water partition coefficient (Wildman–Crippen LogP) is 2.58. The maximum atomic E-state index is 13.0. The van der Waals surface area contributed by atoms with Gasteiger partial charge in [-0.2, -0.15) is 5.10 Å². The second-order valence-corrected chi connectivity index (χ2v) is 9.94. The van der Waals surface area contributed by atoms with Crippen LogP contribution in [0.3, 0.4) is 0 Å². The summed E-state index contributed by atoms with van der Waals surface area (Å²) in [5, 5.41) is 12.4. The molecule has 2 N–H and O–H groups in total. The molecule has 0 radical (unpaired) electrons. The van der Waals surface area contributed by atoms with Crippen LogP contribution in [0, 0.1) is 5.92 Å². The van der Waals surface area contributed by atoms with Crippen molar-refractivity contribution in [2.24, 2.45) is 5.92 Å². The fourth-order valence-corrected chi connectivity index (χ4v) is 5.94. The molecule has 1 aliphatic carbocycles. The number of aryl methyl sites for hydroxylation is 1. The Morgan fingerprint density at radius 2 is 2.12 bits per heavy atom. The SMILES string of the molecule is CN(C)C1CN(C(=O)[C@H]2CCc3c(sc4ncnc(Nc5cc6cn[nH]c6cn5)c34)C2)C1. The highest BCUT2D eigenvalue weighted by Gasteiger charge is 2.37. The third kappa shape index (κ3) is 3.21. The van der Waals surface area contributed by atoms with Crippen molar-refractivity contribution < 1.29 is 4.79 Å². The van der Waals surface area contributed by atoms with E-state index in [1.165, 1.54) is 10.4 Å². The van der Waals surface area contributed by atoms with Crippen molar-refractivity contribution in [3.8, 4) is 0 Å². The standard InChI is InChI=1S/C22H24N8OS/c1-29(2)14-9-30(10-14)22(31)12-3-4-15-17(5-12)32-21-19(15)20(24-11-25-21)27-18-6-13-7-26-28-16(13)8-23-18/h6-8,11-12,14H,3-5,9-10H2,1-2H3,(H,26,28)(H,23,24,25,27)/t12-/m0/s1. The van der Waals surface area contributed by atoms with Gasteiger partial charge in [0.1, 0.15) is 22.8 Å². The highest BCUT2D eigenvalue weighted by atomic mass is 32.1. The van der Waals surface area contributed by atoms with E-state index in [-0.39, 0.29) is 5.92 Å². The topological polar surface area (TPSA) is 103 Å². The molecule has 0 spiro atoms. The van der Waals surface area contributed by atoms with Gasteiger partial charge in [0.05, 0.1) is 23.3 Å². The lowest BCUT2D eigenvalue weighted by molar-refractivity contribution is -0.142. The zero-order chi connectivity index (χ0) is 21.8. The molecule has 1 saturated heterocycles. The van der Waals surface area contributed by atoms with Gasteiger partial charge in [0.15, 0.2) is 0 Å². The predicted molar refractivity (Wildman–Crippen MR) is 124 cm³/mol. The van der Waals surface area contributed by atoms with Crippen LogP contribution < -0.4 is 5.32 Å². The van der Waals surface area contributed by atoms with E-state index < -0.39 is 0 Å². The first-order valence-electron chi connectivity index (χ1n) is 10.8. The van der Waals surface area contributed by atoms with Gasteiger partial charge < -0.3 is 15.1 Å². The maximum absolute atomic E-state index is 13.0. The molecule has 1 fully saturated rings. The number of thiophene rings is 1. The molecular formula is C22H24N8OS. The second kappa shape index (κ2) is 7.49. The van der Waals surface area contributed by atoms with Gasteiger partial charge in [-0.25, -0.2) is 15.0 Å². The lowest BCUT2D eigenvalue weighted by Crippen LogP contribution is -2.60. The van der Waals surface area contributed by atoms with E-state index in [0.717, 1.165) is 65.1 Å². The summed E-state index contributed by atoms with van der Waals surface area (Å²) in [6.07, 6.45) is 7.66. The van der Waals surface area contributed by atoms with Crippen molar-refractivity contribution in [3.05, 3.63) is 35.2 Å². The zero-order valence-electron chi connectivity index (χ0n) is 18.0. The van der Waals surface area contributed by atoms with E-state index in [9.17, 15) is 4.79 Å². The minimum absolute atomic E-state index is 0.0632. The van der Waals surface area contributed by atoms with Gasteiger partial charge in [0.2, 0.25) is 5.91 Å². The number of hydrogen-bond acceptors (Lipinski definition) is 8. The highest BCUT2D eigenvalue weighted by Crippen LogP contribution is 2.41. The van der Waals surface area contributed by atoms with Crippen LogP contribution in [0.2, 0.25) is 0 Å².